The molecule has 190 valence electrons. The van der Waals surface area contributed by atoms with Gasteiger partial charge in [-0.05, 0) is 60.7 Å². The first-order valence-electron chi connectivity index (χ1n) is 12.4. The van der Waals surface area contributed by atoms with E-state index < -0.39 is 6.04 Å². The summed E-state index contributed by atoms with van der Waals surface area (Å²) in [5, 5.41) is 3.57. The number of unbranched alkanes of at least 4 members (excludes halogenated alkanes) is 1. The van der Waals surface area contributed by atoms with Crippen molar-refractivity contribution in [3.8, 4) is 5.75 Å². The molecule has 3 rings (SSSR count). The molecule has 36 heavy (non-hydrogen) atoms. The number of nitrogens with zero attached hydrogens (tertiary/aromatic N) is 1. The summed E-state index contributed by atoms with van der Waals surface area (Å²) in [4.78, 5) is 28.6. The Morgan fingerprint density at radius 2 is 1.69 bits per heavy atom. The molecule has 3 aromatic rings. The van der Waals surface area contributed by atoms with Crippen molar-refractivity contribution in [1.82, 2.24) is 10.2 Å². The van der Waals surface area contributed by atoms with Gasteiger partial charge in [0.15, 0.2) is 6.61 Å². The molecule has 0 unspecified atom stereocenters. The van der Waals surface area contributed by atoms with Gasteiger partial charge >= 0.3 is 0 Å². The Hall–Kier alpha value is -3.31. The third-order valence-electron chi connectivity index (χ3n) is 6.24. The Kier molecular flexibility index (Phi) is 10.4. The summed E-state index contributed by atoms with van der Waals surface area (Å²) < 4.78 is 5.88. The number of carbonyl (C=O) groups excluding carboxylic acids is 2. The summed E-state index contributed by atoms with van der Waals surface area (Å²) in [6.07, 6.45) is 2.23. The van der Waals surface area contributed by atoms with Gasteiger partial charge in [-0.25, -0.2) is 0 Å². The van der Waals surface area contributed by atoms with Crippen molar-refractivity contribution in [2.45, 2.75) is 52.6 Å². The van der Waals surface area contributed by atoms with E-state index in [1.54, 1.807) is 11.0 Å². The average molecular weight is 507 g/mol. The highest BCUT2D eigenvalue weighted by Crippen LogP contribution is 2.21. The predicted molar refractivity (Wildman–Crippen MR) is 145 cm³/mol. The van der Waals surface area contributed by atoms with Crippen LogP contribution in [0.4, 0.5) is 0 Å². The van der Waals surface area contributed by atoms with E-state index in [4.69, 9.17) is 16.3 Å². The van der Waals surface area contributed by atoms with Crippen LogP contribution in [0.15, 0.2) is 72.8 Å². The standard InChI is InChI=1S/C30H35ClN2O3/c1-4-5-17-32-30(35)28(19-24-11-7-6-8-12-24)33(20-25-13-9-10-14-27(25)31)29(34)21-36-26-16-15-22(2)23(3)18-26/h6-16,18,28H,4-5,17,19-21H2,1-3H3,(H,32,35)/t28-/m1/s1. The minimum Gasteiger partial charge on any atom is -0.484 e. The molecule has 1 atom stereocenters. The highest BCUT2D eigenvalue weighted by molar-refractivity contribution is 6.31. The van der Waals surface area contributed by atoms with Gasteiger partial charge < -0.3 is 15.0 Å². The minimum atomic E-state index is -0.712. The third kappa shape index (κ3) is 7.85. The molecule has 3 aromatic carbocycles. The second-order valence-electron chi connectivity index (χ2n) is 9.00. The first-order chi connectivity index (χ1) is 17.4. The number of amides is 2. The maximum atomic E-state index is 13.6. The molecule has 1 N–H and O–H groups in total. The SMILES string of the molecule is CCCCNC(=O)[C@@H](Cc1ccccc1)N(Cc1ccccc1Cl)C(=O)COc1ccc(C)c(C)c1. The lowest BCUT2D eigenvalue weighted by Crippen LogP contribution is -2.51. The zero-order chi connectivity index (χ0) is 25.9. The number of hydrogen-bond acceptors (Lipinski definition) is 3. The molecule has 0 spiro atoms. The smallest absolute Gasteiger partial charge is 0.261 e. The van der Waals surface area contributed by atoms with Crippen molar-refractivity contribution in [3.63, 3.8) is 0 Å². The first kappa shape index (κ1) is 27.3. The lowest BCUT2D eigenvalue weighted by atomic mass is 10.0. The fourth-order valence-corrected chi connectivity index (χ4v) is 4.10. The van der Waals surface area contributed by atoms with E-state index >= 15 is 0 Å². The first-order valence-corrected chi connectivity index (χ1v) is 12.8. The van der Waals surface area contributed by atoms with Crippen molar-refractivity contribution in [3.05, 3.63) is 100 Å². The quantitative estimate of drug-likeness (QED) is 0.311. The Labute approximate surface area is 219 Å². The molecular formula is C30H35ClN2O3. The van der Waals surface area contributed by atoms with E-state index in [1.165, 1.54) is 0 Å². The fraction of sp³-hybridized carbons (Fsp3) is 0.333. The molecule has 0 heterocycles. The number of rotatable bonds is 12. The van der Waals surface area contributed by atoms with Gasteiger partial charge in [0.25, 0.3) is 5.91 Å². The van der Waals surface area contributed by atoms with Gasteiger partial charge in [0.05, 0.1) is 0 Å². The van der Waals surface area contributed by atoms with Gasteiger partial charge in [-0.3, -0.25) is 9.59 Å². The summed E-state index contributed by atoms with van der Waals surface area (Å²) >= 11 is 6.46. The van der Waals surface area contributed by atoms with Crippen molar-refractivity contribution in [1.29, 1.82) is 0 Å². The van der Waals surface area contributed by atoms with E-state index in [2.05, 4.69) is 12.2 Å². The van der Waals surface area contributed by atoms with Gasteiger partial charge in [-0.1, -0.05) is 79.5 Å². The van der Waals surface area contributed by atoms with Gasteiger partial charge in [0.1, 0.15) is 11.8 Å². The maximum Gasteiger partial charge on any atom is 0.261 e. The molecule has 0 fully saturated rings. The minimum absolute atomic E-state index is 0.180. The van der Waals surface area contributed by atoms with Gasteiger partial charge in [0.2, 0.25) is 5.91 Å². The van der Waals surface area contributed by atoms with Crippen LogP contribution in [-0.4, -0.2) is 35.9 Å². The predicted octanol–water partition coefficient (Wildman–Crippen LogP) is 5.89. The summed E-state index contributed by atoms with van der Waals surface area (Å²) in [5.41, 5.74) is 3.99. The van der Waals surface area contributed by atoms with E-state index in [9.17, 15) is 9.59 Å². The molecule has 0 radical (unpaired) electrons. The van der Waals surface area contributed by atoms with Gasteiger partial charge in [-0.15, -0.1) is 0 Å². The zero-order valence-corrected chi connectivity index (χ0v) is 22.1. The maximum absolute atomic E-state index is 13.6. The molecule has 0 saturated carbocycles. The molecular weight excluding hydrogens is 472 g/mol. The van der Waals surface area contributed by atoms with E-state index in [0.29, 0.717) is 23.7 Å². The lowest BCUT2D eigenvalue weighted by Gasteiger charge is -2.31. The molecule has 0 bridgehead atoms. The molecule has 0 aromatic heterocycles. The topological polar surface area (TPSA) is 58.6 Å². The number of nitrogens with one attached hydrogen (secondary N) is 1. The van der Waals surface area contributed by atoms with Crippen LogP contribution in [0.25, 0.3) is 0 Å². The van der Waals surface area contributed by atoms with Crippen molar-refractivity contribution < 1.29 is 14.3 Å². The molecule has 0 aliphatic heterocycles. The number of carbonyl (C=O) groups is 2. The normalized spacial score (nSPS) is 11.6. The van der Waals surface area contributed by atoms with Crippen LogP contribution in [-0.2, 0) is 22.6 Å². The number of hydrogen-bond donors (Lipinski definition) is 1. The van der Waals surface area contributed by atoms with Crippen LogP contribution in [0, 0.1) is 13.8 Å². The number of aryl methyl sites for hydroxylation is 2. The summed E-state index contributed by atoms with van der Waals surface area (Å²) in [7, 11) is 0. The van der Waals surface area contributed by atoms with Crippen molar-refractivity contribution in [2.75, 3.05) is 13.2 Å². The number of halogens is 1. The second-order valence-corrected chi connectivity index (χ2v) is 9.41. The zero-order valence-electron chi connectivity index (χ0n) is 21.3. The second kappa shape index (κ2) is 13.7. The van der Waals surface area contributed by atoms with Crippen molar-refractivity contribution in [2.24, 2.45) is 0 Å². The Balaban J connectivity index is 1.89. The van der Waals surface area contributed by atoms with Crippen LogP contribution < -0.4 is 10.1 Å². The molecule has 0 saturated heterocycles. The van der Waals surface area contributed by atoms with Gasteiger partial charge in [-0.2, -0.15) is 0 Å². The van der Waals surface area contributed by atoms with Crippen LogP contribution in [0.3, 0.4) is 0 Å². The summed E-state index contributed by atoms with van der Waals surface area (Å²) in [5.74, 6) is 0.162. The van der Waals surface area contributed by atoms with Gasteiger partial charge in [0, 0.05) is 24.5 Å². The highest BCUT2D eigenvalue weighted by Gasteiger charge is 2.31. The molecule has 0 aliphatic carbocycles. The van der Waals surface area contributed by atoms with Crippen LogP contribution in [0.5, 0.6) is 5.75 Å². The fourth-order valence-electron chi connectivity index (χ4n) is 3.90. The largest absolute Gasteiger partial charge is 0.484 e. The molecule has 2 amide bonds. The third-order valence-corrected chi connectivity index (χ3v) is 6.61. The lowest BCUT2D eigenvalue weighted by molar-refractivity contribution is -0.142. The summed E-state index contributed by atoms with van der Waals surface area (Å²) in [6, 6.07) is 22.2. The Morgan fingerprint density at radius 1 is 0.972 bits per heavy atom. The molecule has 5 nitrogen and oxygen atoms in total. The monoisotopic (exact) mass is 506 g/mol. The van der Waals surface area contributed by atoms with E-state index in [1.807, 2.05) is 80.6 Å². The molecule has 6 heteroatoms. The summed E-state index contributed by atoms with van der Waals surface area (Å²) in [6.45, 7) is 6.69. The van der Waals surface area contributed by atoms with E-state index in [0.717, 1.165) is 35.1 Å². The molecule has 0 aliphatic rings. The number of ether oxygens (including phenoxy) is 1. The highest BCUT2D eigenvalue weighted by atomic mass is 35.5. The van der Waals surface area contributed by atoms with Crippen LogP contribution in [0.1, 0.15) is 42.0 Å². The number of benzene rings is 3. The van der Waals surface area contributed by atoms with Crippen LogP contribution >= 0.6 is 11.6 Å². The average Bonchev–Trinajstić information content (AvgIpc) is 2.88. The Morgan fingerprint density at radius 3 is 2.39 bits per heavy atom. The van der Waals surface area contributed by atoms with Crippen molar-refractivity contribution >= 4 is 23.4 Å². The Bertz CT molecular complexity index is 1150. The van der Waals surface area contributed by atoms with Crippen LogP contribution in [0.2, 0.25) is 5.02 Å². The van der Waals surface area contributed by atoms with E-state index in [-0.39, 0.29) is 25.0 Å².